The molecule has 2 unspecified atom stereocenters. The van der Waals surface area contributed by atoms with Crippen LogP contribution in [0.2, 0.25) is 0 Å². The standard InChI is InChI=1S/C12H18N2O4/c1-8-3-4-14(11(8)12(15)16)6-9-5-10(7-17-2)18-13-9/h5,8,11H,3-4,6-7H2,1-2H3,(H,15,16). The summed E-state index contributed by atoms with van der Waals surface area (Å²) in [7, 11) is 1.59. The molecule has 0 saturated carbocycles. The third-order valence-electron chi connectivity index (χ3n) is 3.32. The molecule has 18 heavy (non-hydrogen) atoms. The Morgan fingerprint density at radius 2 is 2.50 bits per heavy atom. The molecule has 6 nitrogen and oxygen atoms in total. The number of carbonyl (C=O) groups is 1. The summed E-state index contributed by atoms with van der Waals surface area (Å²) in [5.41, 5.74) is 0.752. The highest BCUT2D eigenvalue weighted by atomic mass is 16.5. The van der Waals surface area contributed by atoms with Gasteiger partial charge in [0, 0.05) is 19.7 Å². The first-order chi connectivity index (χ1) is 8.61. The zero-order chi connectivity index (χ0) is 13.1. The molecule has 0 aliphatic carbocycles. The third-order valence-corrected chi connectivity index (χ3v) is 3.32. The predicted octanol–water partition coefficient (Wildman–Crippen LogP) is 1.12. The zero-order valence-corrected chi connectivity index (χ0v) is 10.6. The van der Waals surface area contributed by atoms with E-state index < -0.39 is 12.0 Å². The molecule has 0 bridgehead atoms. The van der Waals surface area contributed by atoms with Gasteiger partial charge in [-0.05, 0) is 18.9 Å². The first-order valence-corrected chi connectivity index (χ1v) is 6.02. The van der Waals surface area contributed by atoms with Crippen molar-refractivity contribution in [3.8, 4) is 0 Å². The van der Waals surface area contributed by atoms with Gasteiger partial charge in [0.2, 0.25) is 0 Å². The number of methoxy groups -OCH3 is 1. The van der Waals surface area contributed by atoms with E-state index in [1.165, 1.54) is 0 Å². The Balaban J connectivity index is 2.01. The average Bonchev–Trinajstić information content (AvgIpc) is 2.87. The van der Waals surface area contributed by atoms with Gasteiger partial charge in [-0.3, -0.25) is 9.69 Å². The van der Waals surface area contributed by atoms with Crippen molar-refractivity contribution in [3.05, 3.63) is 17.5 Å². The molecule has 2 rings (SSSR count). The summed E-state index contributed by atoms with van der Waals surface area (Å²) in [6.45, 7) is 3.64. The first kappa shape index (κ1) is 13.0. The van der Waals surface area contributed by atoms with Crippen LogP contribution in [-0.4, -0.2) is 40.8 Å². The van der Waals surface area contributed by atoms with E-state index in [1.54, 1.807) is 7.11 Å². The van der Waals surface area contributed by atoms with Crippen molar-refractivity contribution in [1.29, 1.82) is 0 Å². The number of likely N-dealkylation sites (tertiary alicyclic amines) is 1. The fraction of sp³-hybridized carbons (Fsp3) is 0.667. The molecule has 0 radical (unpaired) electrons. The highest BCUT2D eigenvalue weighted by Crippen LogP contribution is 2.25. The van der Waals surface area contributed by atoms with Crippen LogP contribution in [-0.2, 0) is 22.7 Å². The molecule has 6 heteroatoms. The maximum atomic E-state index is 11.2. The van der Waals surface area contributed by atoms with Crippen LogP contribution in [0.4, 0.5) is 0 Å². The highest BCUT2D eigenvalue weighted by molar-refractivity contribution is 5.74. The van der Waals surface area contributed by atoms with Gasteiger partial charge in [0.15, 0.2) is 5.76 Å². The third kappa shape index (κ3) is 2.70. The van der Waals surface area contributed by atoms with Gasteiger partial charge in [-0.2, -0.15) is 0 Å². The maximum Gasteiger partial charge on any atom is 0.321 e. The van der Waals surface area contributed by atoms with E-state index in [2.05, 4.69) is 5.16 Å². The Kier molecular flexibility index (Phi) is 3.98. The summed E-state index contributed by atoms with van der Waals surface area (Å²) in [5, 5.41) is 13.1. The largest absolute Gasteiger partial charge is 0.480 e. The number of aliphatic carboxylic acids is 1. The minimum Gasteiger partial charge on any atom is -0.480 e. The molecular weight excluding hydrogens is 236 g/mol. The highest BCUT2D eigenvalue weighted by Gasteiger charge is 2.36. The predicted molar refractivity (Wildman–Crippen MR) is 62.8 cm³/mol. The van der Waals surface area contributed by atoms with Crippen LogP contribution in [0.3, 0.4) is 0 Å². The van der Waals surface area contributed by atoms with Gasteiger partial charge in [-0.25, -0.2) is 0 Å². The van der Waals surface area contributed by atoms with Crippen LogP contribution in [0.5, 0.6) is 0 Å². The molecule has 2 atom stereocenters. The number of hydrogen-bond donors (Lipinski definition) is 1. The minimum atomic E-state index is -0.763. The molecule has 100 valence electrons. The number of ether oxygens (including phenoxy) is 1. The second-order valence-electron chi connectivity index (χ2n) is 4.74. The Hall–Kier alpha value is -1.40. The molecule has 0 amide bonds. The number of carboxylic acid groups (broad SMARTS) is 1. The fourth-order valence-corrected chi connectivity index (χ4v) is 2.45. The zero-order valence-electron chi connectivity index (χ0n) is 10.6. The lowest BCUT2D eigenvalue weighted by atomic mass is 10.0. The summed E-state index contributed by atoms with van der Waals surface area (Å²) >= 11 is 0. The van der Waals surface area contributed by atoms with Gasteiger partial charge in [-0.1, -0.05) is 12.1 Å². The van der Waals surface area contributed by atoms with Crippen LogP contribution < -0.4 is 0 Å². The lowest BCUT2D eigenvalue weighted by Gasteiger charge is -2.21. The van der Waals surface area contributed by atoms with Gasteiger partial charge in [0.1, 0.15) is 12.6 Å². The topological polar surface area (TPSA) is 75.8 Å². The van der Waals surface area contributed by atoms with Crippen molar-refractivity contribution in [2.75, 3.05) is 13.7 Å². The van der Waals surface area contributed by atoms with Crippen molar-refractivity contribution in [1.82, 2.24) is 10.1 Å². The Bertz CT molecular complexity index is 418. The lowest BCUT2D eigenvalue weighted by Crippen LogP contribution is -2.38. The molecule has 1 aliphatic rings. The van der Waals surface area contributed by atoms with Crippen molar-refractivity contribution in [2.45, 2.75) is 32.5 Å². The van der Waals surface area contributed by atoms with Crippen molar-refractivity contribution < 1.29 is 19.2 Å². The van der Waals surface area contributed by atoms with Crippen molar-refractivity contribution >= 4 is 5.97 Å². The normalized spacial score (nSPS) is 24.6. The van der Waals surface area contributed by atoms with E-state index in [0.29, 0.717) is 18.9 Å². The number of hydrogen-bond acceptors (Lipinski definition) is 5. The molecule has 1 aliphatic heterocycles. The van der Waals surface area contributed by atoms with E-state index in [0.717, 1.165) is 18.7 Å². The minimum absolute atomic E-state index is 0.174. The first-order valence-electron chi connectivity index (χ1n) is 6.02. The van der Waals surface area contributed by atoms with E-state index in [4.69, 9.17) is 9.26 Å². The summed E-state index contributed by atoms with van der Waals surface area (Å²) in [5.74, 6) is 0.0695. The van der Waals surface area contributed by atoms with Crippen molar-refractivity contribution in [3.63, 3.8) is 0 Å². The molecule has 1 aromatic heterocycles. The van der Waals surface area contributed by atoms with Crippen LogP contribution >= 0.6 is 0 Å². The van der Waals surface area contributed by atoms with Gasteiger partial charge < -0.3 is 14.4 Å². The number of carboxylic acids is 1. The second-order valence-corrected chi connectivity index (χ2v) is 4.74. The average molecular weight is 254 g/mol. The van der Waals surface area contributed by atoms with Crippen LogP contribution in [0.1, 0.15) is 24.8 Å². The van der Waals surface area contributed by atoms with Gasteiger partial charge in [0.25, 0.3) is 0 Å². The summed E-state index contributed by atoms with van der Waals surface area (Å²) in [6.07, 6.45) is 0.903. The van der Waals surface area contributed by atoms with E-state index in [1.807, 2.05) is 17.9 Å². The number of aromatic nitrogens is 1. The quantitative estimate of drug-likeness (QED) is 0.848. The van der Waals surface area contributed by atoms with E-state index >= 15 is 0 Å². The Labute approximate surface area is 106 Å². The van der Waals surface area contributed by atoms with Crippen LogP contribution in [0.15, 0.2) is 10.6 Å². The number of rotatable bonds is 5. The second kappa shape index (κ2) is 5.49. The Morgan fingerprint density at radius 1 is 1.72 bits per heavy atom. The maximum absolute atomic E-state index is 11.2. The molecule has 0 aromatic carbocycles. The molecular formula is C12H18N2O4. The molecule has 1 saturated heterocycles. The molecule has 2 heterocycles. The summed E-state index contributed by atoms with van der Waals surface area (Å²) < 4.78 is 10.0. The molecule has 1 aromatic rings. The van der Waals surface area contributed by atoms with Crippen LogP contribution in [0.25, 0.3) is 0 Å². The summed E-state index contributed by atoms with van der Waals surface area (Å²) in [4.78, 5) is 13.1. The van der Waals surface area contributed by atoms with E-state index in [-0.39, 0.29) is 5.92 Å². The summed E-state index contributed by atoms with van der Waals surface area (Å²) in [6, 6.07) is 1.39. The van der Waals surface area contributed by atoms with E-state index in [9.17, 15) is 9.90 Å². The van der Waals surface area contributed by atoms with Gasteiger partial charge >= 0.3 is 5.97 Å². The molecule has 1 fully saturated rings. The molecule has 1 N–H and O–H groups in total. The lowest BCUT2D eigenvalue weighted by molar-refractivity contribution is -0.143. The van der Waals surface area contributed by atoms with Crippen LogP contribution in [0, 0.1) is 5.92 Å². The monoisotopic (exact) mass is 254 g/mol. The number of nitrogens with zero attached hydrogens (tertiary/aromatic N) is 2. The van der Waals surface area contributed by atoms with Crippen molar-refractivity contribution in [2.24, 2.45) is 5.92 Å². The van der Waals surface area contributed by atoms with Gasteiger partial charge in [-0.15, -0.1) is 0 Å². The van der Waals surface area contributed by atoms with Gasteiger partial charge in [0.05, 0.1) is 5.69 Å². The molecule has 0 spiro atoms. The Morgan fingerprint density at radius 3 is 3.17 bits per heavy atom. The SMILES string of the molecule is COCc1cc(CN2CCC(C)C2C(=O)O)no1. The smallest absolute Gasteiger partial charge is 0.321 e. The fourth-order valence-electron chi connectivity index (χ4n) is 2.45.